The third-order valence-corrected chi connectivity index (χ3v) is 3.38. The number of nitrogens with two attached hydrogens (primary N) is 1. The quantitative estimate of drug-likeness (QED) is 0.808. The van der Waals surface area contributed by atoms with Crippen molar-refractivity contribution in [3.8, 4) is 0 Å². The Morgan fingerprint density at radius 2 is 1.82 bits per heavy atom. The molecule has 2 N–H and O–H groups in total. The van der Waals surface area contributed by atoms with Crippen LogP contribution in [-0.4, -0.2) is 36.2 Å². The largest absolute Gasteiger partial charge is 0.444 e. The van der Waals surface area contributed by atoms with Crippen LogP contribution in [0.1, 0.15) is 46.5 Å². The zero-order valence-corrected chi connectivity index (χ0v) is 11.5. The summed E-state index contributed by atoms with van der Waals surface area (Å²) in [5.41, 5.74) is 5.25. The Hall–Kier alpha value is -0.770. The van der Waals surface area contributed by atoms with E-state index in [0.717, 1.165) is 32.2 Å². The summed E-state index contributed by atoms with van der Waals surface area (Å²) >= 11 is 0. The molecule has 4 nitrogen and oxygen atoms in total. The number of amides is 1. The second-order valence-corrected chi connectivity index (χ2v) is 6.00. The molecule has 0 spiro atoms. The lowest BCUT2D eigenvalue weighted by atomic mass is 9.86. The van der Waals surface area contributed by atoms with Crippen LogP contribution in [0.4, 0.5) is 4.79 Å². The predicted molar refractivity (Wildman–Crippen MR) is 68.8 cm³/mol. The summed E-state index contributed by atoms with van der Waals surface area (Å²) in [6.07, 6.45) is 4.10. The maximum absolute atomic E-state index is 11.9. The molecule has 0 saturated heterocycles. The van der Waals surface area contributed by atoms with E-state index in [4.69, 9.17) is 10.5 Å². The number of hydrogen-bond donors (Lipinski definition) is 1. The average molecular weight is 242 g/mol. The minimum atomic E-state index is -0.417. The Balaban J connectivity index is 2.43. The van der Waals surface area contributed by atoms with E-state index >= 15 is 0 Å². The van der Waals surface area contributed by atoms with Crippen LogP contribution < -0.4 is 5.73 Å². The van der Waals surface area contributed by atoms with Gasteiger partial charge in [-0.1, -0.05) is 0 Å². The first-order valence-electron chi connectivity index (χ1n) is 6.49. The summed E-state index contributed by atoms with van der Waals surface area (Å²) in [5, 5.41) is 0. The predicted octanol–water partition coefficient (Wildman–Crippen LogP) is 2.37. The van der Waals surface area contributed by atoms with Crippen molar-refractivity contribution in [2.24, 2.45) is 11.7 Å². The fraction of sp³-hybridized carbons (Fsp3) is 0.923. The maximum Gasteiger partial charge on any atom is 0.410 e. The molecule has 0 unspecified atom stereocenters. The molecule has 1 fully saturated rings. The van der Waals surface area contributed by atoms with Crippen LogP contribution in [0, 0.1) is 5.92 Å². The Morgan fingerprint density at radius 3 is 2.24 bits per heavy atom. The van der Waals surface area contributed by atoms with Gasteiger partial charge in [-0.2, -0.15) is 0 Å². The lowest BCUT2D eigenvalue weighted by molar-refractivity contribution is 0.0174. The first kappa shape index (κ1) is 14.3. The van der Waals surface area contributed by atoms with Gasteiger partial charge in [0.15, 0.2) is 0 Å². The molecule has 1 aliphatic rings. The number of nitrogens with zero attached hydrogens (tertiary/aromatic N) is 1. The second-order valence-electron chi connectivity index (χ2n) is 6.00. The van der Waals surface area contributed by atoms with Crippen molar-refractivity contribution in [2.45, 2.75) is 58.1 Å². The van der Waals surface area contributed by atoms with E-state index in [1.54, 1.807) is 4.90 Å². The molecule has 1 rings (SSSR count). The van der Waals surface area contributed by atoms with Crippen LogP contribution in [0.25, 0.3) is 0 Å². The topological polar surface area (TPSA) is 55.6 Å². The smallest absolute Gasteiger partial charge is 0.410 e. The fourth-order valence-corrected chi connectivity index (χ4v) is 2.25. The van der Waals surface area contributed by atoms with Crippen LogP contribution in [0.15, 0.2) is 0 Å². The molecule has 1 amide bonds. The van der Waals surface area contributed by atoms with Gasteiger partial charge in [0.05, 0.1) is 0 Å². The highest BCUT2D eigenvalue weighted by Gasteiger charge is 2.28. The second kappa shape index (κ2) is 5.71. The average Bonchev–Trinajstić information content (AvgIpc) is 2.26. The van der Waals surface area contributed by atoms with Crippen molar-refractivity contribution in [3.05, 3.63) is 0 Å². The zero-order valence-electron chi connectivity index (χ0n) is 11.5. The summed E-state index contributed by atoms with van der Waals surface area (Å²) in [6, 6.07) is 0.313. The Bertz CT molecular complexity index is 253. The van der Waals surface area contributed by atoms with Gasteiger partial charge in [0.2, 0.25) is 0 Å². The molecule has 17 heavy (non-hydrogen) atoms. The van der Waals surface area contributed by atoms with Gasteiger partial charge >= 0.3 is 6.09 Å². The molecule has 0 radical (unpaired) electrons. The first-order chi connectivity index (χ1) is 7.83. The zero-order chi connectivity index (χ0) is 13.1. The van der Waals surface area contributed by atoms with E-state index in [-0.39, 0.29) is 6.09 Å². The summed E-state index contributed by atoms with van der Waals surface area (Å²) in [5.74, 6) is 0.637. The first-order valence-corrected chi connectivity index (χ1v) is 6.49. The molecule has 0 heterocycles. The van der Waals surface area contributed by atoms with Crippen molar-refractivity contribution in [1.82, 2.24) is 4.90 Å². The Morgan fingerprint density at radius 1 is 1.29 bits per heavy atom. The van der Waals surface area contributed by atoms with E-state index in [0.29, 0.717) is 12.0 Å². The molecule has 0 aromatic rings. The van der Waals surface area contributed by atoms with E-state index in [1.165, 1.54) is 0 Å². The molecule has 0 aromatic heterocycles. The summed E-state index contributed by atoms with van der Waals surface area (Å²) < 4.78 is 5.37. The number of hydrogen-bond acceptors (Lipinski definition) is 3. The minimum absolute atomic E-state index is 0.214. The Labute approximate surface area is 104 Å². The Kier molecular flexibility index (Phi) is 4.80. The molecule has 0 bridgehead atoms. The third-order valence-electron chi connectivity index (χ3n) is 3.38. The van der Waals surface area contributed by atoms with Crippen molar-refractivity contribution in [3.63, 3.8) is 0 Å². The lowest BCUT2D eigenvalue weighted by Crippen LogP contribution is -2.42. The third kappa shape index (κ3) is 4.54. The fourth-order valence-electron chi connectivity index (χ4n) is 2.25. The van der Waals surface area contributed by atoms with Crippen molar-refractivity contribution < 1.29 is 9.53 Å². The molecule has 0 aliphatic heterocycles. The number of ether oxygens (including phenoxy) is 1. The van der Waals surface area contributed by atoms with E-state index in [1.807, 2.05) is 27.8 Å². The molecule has 1 saturated carbocycles. The summed E-state index contributed by atoms with van der Waals surface area (Å²) in [7, 11) is 1.83. The highest BCUT2D eigenvalue weighted by Crippen LogP contribution is 2.27. The van der Waals surface area contributed by atoms with E-state index in [2.05, 4.69) is 0 Å². The maximum atomic E-state index is 11.9. The van der Waals surface area contributed by atoms with Crippen LogP contribution in [0.5, 0.6) is 0 Å². The summed E-state index contributed by atoms with van der Waals surface area (Å²) in [4.78, 5) is 13.6. The SMILES string of the molecule is CN(C(=O)OC(C)(C)C)[C@H]1CC[C@H](CN)CC1. The number of carbonyl (C=O) groups is 1. The van der Waals surface area contributed by atoms with Crippen molar-refractivity contribution in [1.29, 1.82) is 0 Å². The highest BCUT2D eigenvalue weighted by atomic mass is 16.6. The van der Waals surface area contributed by atoms with Crippen LogP contribution in [-0.2, 0) is 4.74 Å². The molecule has 0 atom stereocenters. The van der Waals surface area contributed by atoms with Gasteiger partial charge in [0.25, 0.3) is 0 Å². The van der Waals surface area contributed by atoms with Gasteiger partial charge in [-0.3, -0.25) is 0 Å². The van der Waals surface area contributed by atoms with Gasteiger partial charge < -0.3 is 15.4 Å². The standard InChI is InChI=1S/C13H26N2O2/c1-13(2,3)17-12(16)15(4)11-7-5-10(9-14)6-8-11/h10-11H,5-9,14H2,1-4H3/t10-,11-. The van der Waals surface area contributed by atoms with Gasteiger partial charge in [0, 0.05) is 13.1 Å². The molecular weight excluding hydrogens is 216 g/mol. The van der Waals surface area contributed by atoms with Crippen molar-refractivity contribution >= 4 is 6.09 Å². The highest BCUT2D eigenvalue weighted by molar-refractivity contribution is 5.68. The van der Waals surface area contributed by atoms with Crippen molar-refractivity contribution in [2.75, 3.05) is 13.6 Å². The lowest BCUT2D eigenvalue weighted by Gasteiger charge is -2.35. The van der Waals surface area contributed by atoms with Gasteiger partial charge in [-0.15, -0.1) is 0 Å². The molecular formula is C13H26N2O2. The number of rotatable bonds is 2. The van der Waals surface area contributed by atoms with Crippen LogP contribution >= 0.6 is 0 Å². The normalized spacial score (nSPS) is 25.5. The van der Waals surface area contributed by atoms with E-state index < -0.39 is 5.60 Å². The molecule has 4 heteroatoms. The van der Waals surface area contributed by atoms with Gasteiger partial charge in [-0.25, -0.2) is 4.79 Å². The van der Waals surface area contributed by atoms with Gasteiger partial charge in [0.1, 0.15) is 5.60 Å². The van der Waals surface area contributed by atoms with Gasteiger partial charge in [-0.05, 0) is 58.9 Å². The van der Waals surface area contributed by atoms with E-state index in [9.17, 15) is 4.79 Å². The minimum Gasteiger partial charge on any atom is -0.444 e. The van der Waals surface area contributed by atoms with Crippen LogP contribution in [0.2, 0.25) is 0 Å². The van der Waals surface area contributed by atoms with Crippen LogP contribution in [0.3, 0.4) is 0 Å². The molecule has 0 aromatic carbocycles. The monoisotopic (exact) mass is 242 g/mol. The summed E-state index contributed by atoms with van der Waals surface area (Å²) in [6.45, 7) is 6.45. The number of carbonyl (C=O) groups excluding carboxylic acids is 1. The molecule has 100 valence electrons. The molecule has 1 aliphatic carbocycles.